The Bertz CT molecular complexity index is 1070. The third kappa shape index (κ3) is 6.02. The molecule has 1 aliphatic rings. The van der Waals surface area contributed by atoms with Gasteiger partial charge in [0.25, 0.3) is 0 Å². The van der Waals surface area contributed by atoms with E-state index in [0.717, 1.165) is 17.0 Å². The topological polar surface area (TPSA) is 84.7 Å². The fourth-order valence-corrected chi connectivity index (χ4v) is 3.71. The van der Waals surface area contributed by atoms with Gasteiger partial charge in [-0.2, -0.15) is 26.3 Å². The molecule has 3 rings (SSSR count). The molecule has 0 aliphatic carbocycles. The Labute approximate surface area is 194 Å². The van der Waals surface area contributed by atoms with E-state index < -0.39 is 66.0 Å². The number of halogens is 7. The van der Waals surface area contributed by atoms with Gasteiger partial charge in [0, 0.05) is 0 Å². The summed E-state index contributed by atoms with van der Waals surface area (Å²) in [5.41, 5.74) is 0.732. The first-order valence-electron chi connectivity index (χ1n) is 10.1. The Balaban J connectivity index is 1.92. The highest BCUT2D eigenvalue weighted by Crippen LogP contribution is 2.38. The number of hydrogen-bond acceptors (Lipinski definition) is 3. The van der Waals surface area contributed by atoms with Crippen LogP contribution in [0.5, 0.6) is 0 Å². The molecule has 0 spiro atoms. The highest BCUT2D eigenvalue weighted by Gasteiger charge is 2.45. The van der Waals surface area contributed by atoms with E-state index in [1.165, 1.54) is 19.1 Å². The maximum atomic E-state index is 13.5. The van der Waals surface area contributed by atoms with Crippen molar-refractivity contribution in [3.63, 3.8) is 0 Å². The Hall–Kier alpha value is -3.35. The number of hydrogen-bond donors (Lipinski definition) is 2. The van der Waals surface area contributed by atoms with Crippen LogP contribution in [0.2, 0.25) is 0 Å². The van der Waals surface area contributed by atoms with E-state index >= 15 is 0 Å². The van der Waals surface area contributed by atoms with Crippen LogP contribution in [-0.2, 0) is 27.4 Å². The maximum Gasteiger partial charge on any atom is 0.416 e. The number of ether oxygens (including phenoxy) is 1. The van der Waals surface area contributed by atoms with Gasteiger partial charge in [-0.25, -0.2) is 9.18 Å². The molecule has 1 heterocycles. The standard InChI is InChI=1S/C22H20F7N3O3/c1-12(13-6-15(21(24,25)26)8-16(7-13)22(27,28)29)35-11-20(14-2-4-17(23)5-3-14)10-32(9-18(30)33)19(34)31-20/h2-8,12H,9-11H2,1H3,(H2,30,33)(H,31,34)/t12-,20-/m1/s1. The van der Waals surface area contributed by atoms with Crippen LogP contribution in [0.3, 0.4) is 0 Å². The van der Waals surface area contributed by atoms with Crippen LogP contribution in [0.1, 0.15) is 35.3 Å². The van der Waals surface area contributed by atoms with Crippen molar-refractivity contribution in [3.8, 4) is 0 Å². The Kier molecular flexibility index (Phi) is 7.02. The molecule has 0 saturated carbocycles. The van der Waals surface area contributed by atoms with Gasteiger partial charge in [-0.15, -0.1) is 0 Å². The first kappa shape index (κ1) is 26.3. The summed E-state index contributed by atoms with van der Waals surface area (Å²) in [7, 11) is 0. The number of carbonyl (C=O) groups excluding carboxylic acids is 2. The fraction of sp³-hybridized carbons (Fsp3) is 0.364. The van der Waals surface area contributed by atoms with Crippen molar-refractivity contribution in [3.05, 3.63) is 70.5 Å². The van der Waals surface area contributed by atoms with Crippen LogP contribution in [0, 0.1) is 5.82 Å². The largest absolute Gasteiger partial charge is 0.416 e. The number of urea groups is 1. The highest BCUT2D eigenvalue weighted by atomic mass is 19.4. The summed E-state index contributed by atoms with van der Waals surface area (Å²) in [5.74, 6) is -1.40. The van der Waals surface area contributed by atoms with Crippen LogP contribution in [0.25, 0.3) is 0 Å². The molecule has 13 heteroatoms. The molecule has 6 nitrogen and oxygen atoms in total. The van der Waals surface area contributed by atoms with Gasteiger partial charge < -0.3 is 20.7 Å². The van der Waals surface area contributed by atoms with Crippen molar-refractivity contribution in [2.75, 3.05) is 19.7 Å². The lowest BCUT2D eigenvalue weighted by Gasteiger charge is -2.31. The van der Waals surface area contributed by atoms with Crippen LogP contribution in [0.15, 0.2) is 42.5 Å². The molecule has 190 valence electrons. The second-order valence-electron chi connectivity index (χ2n) is 8.13. The summed E-state index contributed by atoms with van der Waals surface area (Å²) in [6.07, 6.45) is -11.3. The van der Waals surface area contributed by atoms with Gasteiger partial charge in [0.15, 0.2) is 0 Å². The van der Waals surface area contributed by atoms with E-state index in [1.54, 1.807) is 0 Å². The molecule has 1 aliphatic heterocycles. The maximum absolute atomic E-state index is 13.5. The van der Waals surface area contributed by atoms with E-state index in [4.69, 9.17) is 10.5 Å². The zero-order valence-electron chi connectivity index (χ0n) is 18.1. The number of amides is 3. The molecule has 0 unspecified atom stereocenters. The fourth-order valence-electron chi connectivity index (χ4n) is 3.71. The van der Waals surface area contributed by atoms with Crippen molar-refractivity contribution < 1.29 is 45.1 Å². The van der Waals surface area contributed by atoms with Gasteiger partial charge in [-0.1, -0.05) is 12.1 Å². The minimum atomic E-state index is -5.03. The molecule has 3 N–H and O–H groups in total. The zero-order chi connectivity index (χ0) is 26.2. The summed E-state index contributed by atoms with van der Waals surface area (Å²) in [5, 5.41) is 2.61. The molecular formula is C22H20F7N3O3. The van der Waals surface area contributed by atoms with Gasteiger partial charge in [0.2, 0.25) is 5.91 Å². The monoisotopic (exact) mass is 507 g/mol. The van der Waals surface area contributed by atoms with Gasteiger partial charge >= 0.3 is 18.4 Å². The zero-order valence-corrected chi connectivity index (χ0v) is 18.1. The van der Waals surface area contributed by atoms with Gasteiger partial charge in [0.05, 0.1) is 30.4 Å². The lowest BCUT2D eigenvalue weighted by molar-refractivity contribution is -0.143. The lowest BCUT2D eigenvalue weighted by atomic mass is 9.91. The summed E-state index contributed by atoms with van der Waals surface area (Å²) in [6, 6.07) is 5.29. The molecule has 0 bridgehead atoms. The molecular weight excluding hydrogens is 487 g/mol. The minimum Gasteiger partial charge on any atom is -0.371 e. The lowest BCUT2D eigenvalue weighted by Crippen LogP contribution is -2.45. The van der Waals surface area contributed by atoms with Gasteiger partial charge in [-0.3, -0.25) is 4.79 Å². The molecule has 2 aromatic rings. The van der Waals surface area contributed by atoms with Crippen molar-refractivity contribution in [2.45, 2.75) is 30.9 Å². The molecule has 3 amide bonds. The van der Waals surface area contributed by atoms with Gasteiger partial charge in [-0.05, 0) is 48.4 Å². The number of carbonyl (C=O) groups is 2. The summed E-state index contributed by atoms with van der Waals surface area (Å²) in [6.45, 7) is 0.209. The van der Waals surface area contributed by atoms with E-state index in [9.17, 15) is 40.3 Å². The molecule has 1 saturated heterocycles. The molecule has 0 radical (unpaired) electrons. The number of benzene rings is 2. The SMILES string of the molecule is C[C@@H](OC[C@@]1(c2ccc(F)cc2)CN(CC(N)=O)C(=O)N1)c1cc(C(F)(F)F)cc(C(F)(F)F)c1. The predicted molar refractivity (Wildman–Crippen MR) is 108 cm³/mol. The van der Waals surface area contributed by atoms with Crippen molar-refractivity contribution >= 4 is 11.9 Å². The quantitative estimate of drug-likeness (QED) is 0.547. The Morgan fingerprint density at radius 2 is 1.63 bits per heavy atom. The molecule has 2 atom stereocenters. The van der Waals surface area contributed by atoms with Crippen LogP contribution >= 0.6 is 0 Å². The number of primary amides is 1. The molecule has 35 heavy (non-hydrogen) atoms. The molecule has 2 aromatic carbocycles. The van der Waals surface area contributed by atoms with E-state index in [1.807, 2.05) is 0 Å². The molecule has 0 aromatic heterocycles. The third-order valence-electron chi connectivity index (χ3n) is 5.50. The smallest absolute Gasteiger partial charge is 0.371 e. The average Bonchev–Trinajstić information content (AvgIpc) is 3.06. The van der Waals surface area contributed by atoms with Crippen LogP contribution in [0.4, 0.5) is 35.5 Å². The van der Waals surface area contributed by atoms with E-state index in [0.29, 0.717) is 17.7 Å². The predicted octanol–water partition coefficient (Wildman–Crippen LogP) is 4.35. The van der Waals surface area contributed by atoms with E-state index in [2.05, 4.69) is 5.32 Å². The second-order valence-corrected chi connectivity index (χ2v) is 8.13. The number of nitrogens with one attached hydrogen (secondary N) is 1. The summed E-state index contributed by atoms with van der Waals surface area (Å²) < 4.78 is 98.3. The van der Waals surface area contributed by atoms with Gasteiger partial charge in [0.1, 0.15) is 17.9 Å². The van der Waals surface area contributed by atoms with Crippen LogP contribution in [-0.4, -0.2) is 36.5 Å². The third-order valence-corrected chi connectivity index (χ3v) is 5.50. The Morgan fingerprint density at radius 3 is 2.11 bits per heavy atom. The first-order valence-corrected chi connectivity index (χ1v) is 10.1. The number of alkyl halides is 6. The average molecular weight is 507 g/mol. The minimum absolute atomic E-state index is 0.00905. The normalized spacial score (nSPS) is 19.5. The van der Waals surface area contributed by atoms with Crippen molar-refractivity contribution in [1.82, 2.24) is 10.2 Å². The Morgan fingerprint density at radius 1 is 1.09 bits per heavy atom. The second kappa shape index (κ2) is 9.36. The summed E-state index contributed by atoms with van der Waals surface area (Å²) in [4.78, 5) is 24.8. The van der Waals surface area contributed by atoms with E-state index in [-0.39, 0.29) is 18.2 Å². The number of nitrogens with two attached hydrogens (primary N) is 1. The van der Waals surface area contributed by atoms with Crippen molar-refractivity contribution in [1.29, 1.82) is 0 Å². The van der Waals surface area contributed by atoms with Crippen LogP contribution < -0.4 is 11.1 Å². The highest BCUT2D eigenvalue weighted by molar-refractivity contribution is 5.85. The number of rotatable bonds is 7. The molecule has 1 fully saturated rings. The summed E-state index contributed by atoms with van der Waals surface area (Å²) >= 11 is 0. The van der Waals surface area contributed by atoms with Crippen molar-refractivity contribution in [2.24, 2.45) is 5.73 Å². The number of nitrogens with zero attached hydrogens (tertiary/aromatic N) is 1. The first-order chi connectivity index (χ1) is 16.1.